The summed E-state index contributed by atoms with van der Waals surface area (Å²) >= 11 is 0. The predicted octanol–water partition coefficient (Wildman–Crippen LogP) is 15.6. The summed E-state index contributed by atoms with van der Waals surface area (Å²) in [6.45, 7) is 0. The van der Waals surface area contributed by atoms with Crippen molar-refractivity contribution in [2.24, 2.45) is 0 Å². The smallest absolute Gasteiger partial charge is 0.161 e. The minimum Gasteiger partial charge on any atom is -0.228 e. The van der Waals surface area contributed by atoms with Crippen LogP contribution in [0.1, 0.15) is 0 Å². The van der Waals surface area contributed by atoms with Gasteiger partial charge in [0.25, 0.3) is 0 Å². The van der Waals surface area contributed by atoms with E-state index in [-0.39, 0.29) is 0 Å². The van der Waals surface area contributed by atoms with Crippen LogP contribution in [0.4, 0.5) is 0 Å². The summed E-state index contributed by atoms with van der Waals surface area (Å²) in [7, 11) is 0. The van der Waals surface area contributed by atoms with E-state index in [1.54, 1.807) is 0 Å². The third-order valence-electron chi connectivity index (χ3n) is 11.7. The van der Waals surface area contributed by atoms with Crippen molar-refractivity contribution in [1.82, 2.24) is 9.97 Å². The number of hydrogen-bond donors (Lipinski definition) is 0. The summed E-state index contributed by atoms with van der Waals surface area (Å²) in [6.07, 6.45) is 0. The standard InChI is InChI=1S/C58H38N2/c1-4-18-39(19-5-1)44-34-45(36-46(35-44)57-50-29-13-11-25-43(50)37-54-49-28-12-10-24-42(49)32-33-52(54)57)55-38-56(51-30-16-14-26-47(51)40-20-6-2-7-21-40)60-58(59-55)53-31-17-15-27-48(53)41-22-8-3-9-23-41/h1-38H. The first-order valence-corrected chi connectivity index (χ1v) is 20.5. The fourth-order valence-electron chi connectivity index (χ4n) is 8.83. The fourth-order valence-corrected chi connectivity index (χ4v) is 8.83. The van der Waals surface area contributed by atoms with E-state index in [9.17, 15) is 0 Å². The second kappa shape index (κ2) is 15.1. The molecule has 1 heterocycles. The van der Waals surface area contributed by atoms with Crippen LogP contribution in [-0.4, -0.2) is 9.97 Å². The molecule has 2 nitrogen and oxygen atoms in total. The van der Waals surface area contributed by atoms with Crippen LogP contribution in [0.25, 0.3) is 111 Å². The highest BCUT2D eigenvalue weighted by atomic mass is 14.9. The van der Waals surface area contributed by atoms with Crippen LogP contribution in [0.2, 0.25) is 0 Å². The number of aromatic nitrogens is 2. The fraction of sp³-hybridized carbons (Fsp3) is 0. The van der Waals surface area contributed by atoms with Crippen LogP contribution < -0.4 is 0 Å². The molecule has 0 spiro atoms. The average Bonchev–Trinajstić information content (AvgIpc) is 3.33. The van der Waals surface area contributed by atoms with E-state index in [0.29, 0.717) is 5.82 Å². The second-order valence-electron chi connectivity index (χ2n) is 15.3. The Morgan fingerprint density at radius 3 is 1.43 bits per heavy atom. The molecule has 0 N–H and O–H groups in total. The van der Waals surface area contributed by atoms with Gasteiger partial charge in [-0.3, -0.25) is 0 Å². The Balaban J connectivity index is 1.21. The lowest BCUT2D eigenvalue weighted by Gasteiger charge is -2.18. The Hall–Kier alpha value is -7.94. The molecule has 0 aliphatic rings. The molecule has 60 heavy (non-hydrogen) atoms. The van der Waals surface area contributed by atoms with E-state index < -0.39 is 0 Å². The number of hydrogen-bond acceptors (Lipinski definition) is 2. The molecular weight excluding hydrogens is 725 g/mol. The zero-order chi connectivity index (χ0) is 39.8. The molecule has 2 heteroatoms. The highest BCUT2D eigenvalue weighted by Crippen LogP contribution is 2.43. The molecule has 0 aliphatic carbocycles. The highest BCUT2D eigenvalue weighted by Gasteiger charge is 2.19. The van der Waals surface area contributed by atoms with Crippen LogP contribution in [0, 0.1) is 0 Å². The van der Waals surface area contributed by atoms with Crippen LogP contribution in [0.3, 0.4) is 0 Å². The van der Waals surface area contributed by atoms with Gasteiger partial charge in [0.05, 0.1) is 11.4 Å². The first-order chi connectivity index (χ1) is 29.7. The topological polar surface area (TPSA) is 25.8 Å². The van der Waals surface area contributed by atoms with Gasteiger partial charge in [-0.1, -0.05) is 200 Å². The van der Waals surface area contributed by atoms with Gasteiger partial charge in [0.15, 0.2) is 5.82 Å². The molecule has 0 atom stereocenters. The van der Waals surface area contributed by atoms with E-state index in [4.69, 9.17) is 9.97 Å². The molecule has 0 amide bonds. The third-order valence-corrected chi connectivity index (χ3v) is 11.7. The van der Waals surface area contributed by atoms with Crippen molar-refractivity contribution >= 4 is 32.3 Å². The summed E-state index contributed by atoms with van der Waals surface area (Å²) in [5.41, 5.74) is 13.9. The summed E-state index contributed by atoms with van der Waals surface area (Å²) in [5.74, 6) is 0.679. The summed E-state index contributed by atoms with van der Waals surface area (Å²) < 4.78 is 0. The van der Waals surface area contributed by atoms with Crippen molar-refractivity contribution in [3.05, 3.63) is 231 Å². The van der Waals surface area contributed by atoms with Crippen LogP contribution in [-0.2, 0) is 0 Å². The van der Waals surface area contributed by atoms with Crippen molar-refractivity contribution in [3.63, 3.8) is 0 Å². The van der Waals surface area contributed by atoms with E-state index in [2.05, 4.69) is 231 Å². The summed E-state index contributed by atoms with van der Waals surface area (Å²) in [6, 6.07) is 82.4. The van der Waals surface area contributed by atoms with Gasteiger partial charge in [-0.25, -0.2) is 9.97 Å². The molecule has 1 aromatic heterocycles. The summed E-state index contributed by atoms with van der Waals surface area (Å²) in [4.78, 5) is 10.9. The zero-order valence-electron chi connectivity index (χ0n) is 32.8. The Morgan fingerprint density at radius 2 is 0.733 bits per heavy atom. The van der Waals surface area contributed by atoms with E-state index in [1.807, 2.05) is 0 Å². The van der Waals surface area contributed by atoms with Crippen molar-refractivity contribution < 1.29 is 0 Å². The molecule has 0 radical (unpaired) electrons. The average molecular weight is 763 g/mol. The van der Waals surface area contributed by atoms with Gasteiger partial charge >= 0.3 is 0 Å². The molecule has 0 bridgehead atoms. The molecule has 0 saturated heterocycles. The number of fused-ring (bicyclic) bond motifs is 4. The van der Waals surface area contributed by atoms with Crippen molar-refractivity contribution in [3.8, 4) is 78.4 Å². The van der Waals surface area contributed by atoms with Gasteiger partial charge in [-0.2, -0.15) is 0 Å². The van der Waals surface area contributed by atoms with E-state index >= 15 is 0 Å². The largest absolute Gasteiger partial charge is 0.228 e. The monoisotopic (exact) mass is 762 g/mol. The zero-order valence-corrected chi connectivity index (χ0v) is 32.8. The highest BCUT2D eigenvalue weighted by molar-refractivity contribution is 6.20. The minimum atomic E-state index is 0.679. The quantitative estimate of drug-likeness (QED) is 0.119. The lowest BCUT2D eigenvalue weighted by atomic mass is 9.87. The Morgan fingerprint density at radius 1 is 0.233 bits per heavy atom. The number of benzene rings is 10. The van der Waals surface area contributed by atoms with Gasteiger partial charge in [0.1, 0.15) is 0 Å². The molecule has 0 fully saturated rings. The first kappa shape index (κ1) is 35.2. The van der Waals surface area contributed by atoms with Crippen LogP contribution in [0.5, 0.6) is 0 Å². The van der Waals surface area contributed by atoms with Crippen molar-refractivity contribution in [2.75, 3.05) is 0 Å². The summed E-state index contributed by atoms with van der Waals surface area (Å²) in [5, 5.41) is 7.38. The van der Waals surface area contributed by atoms with Gasteiger partial charge in [0.2, 0.25) is 0 Å². The Kier molecular flexibility index (Phi) is 8.87. The van der Waals surface area contributed by atoms with Crippen molar-refractivity contribution in [1.29, 1.82) is 0 Å². The Bertz CT molecular complexity index is 3250. The lowest BCUT2D eigenvalue weighted by Crippen LogP contribution is -1.99. The molecule has 0 saturated carbocycles. The SMILES string of the molecule is c1ccc(-c2cc(-c3cc(-c4ccccc4-c4ccccc4)nc(-c4ccccc4-c4ccccc4)n3)cc(-c3c4ccccc4cc4c3ccc3ccccc34)c2)cc1. The molecule has 0 aliphatic heterocycles. The molecule has 11 rings (SSSR count). The maximum absolute atomic E-state index is 5.51. The van der Waals surface area contributed by atoms with E-state index in [0.717, 1.165) is 67.0 Å². The van der Waals surface area contributed by atoms with Gasteiger partial charge < -0.3 is 0 Å². The van der Waals surface area contributed by atoms with Gasteiger partial charge in [-0.05, 0) is 107 Å². The molecule has 280 valence electrons. The van der Waals surface area contributed by atoms with Gasteiger partial charge in [-0.15, -0.1) is 0 Å². The normalized spacial score (nSPS) is 11.3. The third kappa shape index (κ3) is 6.41. The maximum Gasteiger partial charge on any atom is 0.161 e. The van der Waals surface area contributed by atoms with Crippen LogP contribution in [0.15, 0.2) is 231 Å². The van der Waals surface area contributed by atoms with E-state index in [1.165, 1.54) is 37.9 Å². The van der Waals surface area contributed by atoms with Crippen molar-refractivity contribution in [2.45, 2.75) is 0 Å². The second-order valence-corrected chi connectivity index (χ2v) is 15.3. The molecule has 11 aromatic rings. The minimum absolute atomic E-state index is 0.679. The number of rotatable bonds is 7. The maximum atomic E-state index is 5.51. The first-order valence-electron chi connectivity index (χ1n) is 20.5. The van der Waals surface area contributed by atoms with Crippen LogP contribution >= 0.6 is 0 Å². The number of nitrogens with zero attached hydrogens (tertiary/aromatic N) is 2. The molecule has 10 aromatic carbocycles. The van der Waals surface area contributed by atoms with Gasteiger partial charge in [0, 0.05) is 16.7 Å². The predicted molar refractivity (Wildman–Crippen MR) is 253 cm³/mol. The Labute approximate surface area is 349 Å². The molecular formula is C58H38N2. The molecule has 0 unspecified atom stereocenters. The lowest BCUT2D eigenvalue weighted by molar-refractivity contribution is 1.18.